The summed E-state index contributed by atoms with van der Waals surface area (Å²) in [5, 5.41) is 13.0. The SMILES string of the molecule is COCCNCC(=O)N1CCCC(C)(O)CC1. The third kappa shape index (κ3) is 5.48. The zero-order chi connectivity index (χ0) is 12.7. The topological polar surface area (TPSA) is 61.8 Å². The summed E-state index contributed by atoms with van der Waals surface area (Å²) >= 11 is 0. The summed E-state index contributed by atoms with van der Waals surface area (Å²) in [6.45, 7) is 4.90. The minimum Gasteiger partial charge on any atom is -0.390 e. The third-order valence-corrected chi connectivity index (χ3v) is 3.18. The Labute approximate surface area is 103 Å². The normalized spacial score (nSPS) is 25.7. The average molecular weight is 244 g/mol. The van der Waals surface area contributed by atoms with Gasteiger partial charge in [-0.1, -0.05) is 0 Å². The van der Waals surface area contributed by atoms with Crippen molar-refractivity contribution in [3.05, 3.63) is 0 Å². The third-order valence-electron chi connectivity index (χ3n) is 3.18. The summed E-state index contributed by atoms with van der Waals surface area (Å²) in [6.07, 6.45) is 2.31. The van der Waals surface area contributed by atoms with Crippen LogP contribution in [0, 0.1) is 0 Å². The molecule has 1 unspecified atom stereocenters. The van der Waals surface area contributed by atoms with Crippen LogP contribution >= 0.6 is 0 Å². The van der Waals surface area contributed by atoms with Crippen LogP contribution in [0.2, 0.25) is 0 Å². The van der Waals surface area contributed by atoms with E-state index >= 15 is 0 Å². The van der Waals surface area contributed by atoms with Crippen molar-refractivity contribution in [3.8, 4) is 0 Å². The van der Waals surface area contributed by atoms with Crippen LogP contribution in [0.5, 0.6) is 0 Å². The zero-order valence-electron chi connectivity index (χ0n) is 10.9. The first-order chi connectivity index (χ1) is 8.05. The van der Waals surface area contributed by atoms with Crippen molar-refractivity contribution >= 4 is 5.91 Å². The first kappa shape index (κ1) is 14.4. The monoisotopic (exact) mass is 244 g/mol. The van der Waals surface area contributed by atoms with E-state index in [0.717, 1.165) is 19.4 Å². The Morgan fingerprint density at radius 1 is 1.47 bits per heavy atom. The maximum Gasteiger partial charge on any atom is 0.236 e. The van der Waals surface area contributed by atoms with E-state index in [1.54, 1.807) is 7.11 Å². The molecule has 0 radical (unpaired) electrons. The molecule has 5 heteroatoms. The average Bonchev–Trinajstić information content (AvgIpc) is 2.45. The highest BCUT2D eigenvalue weighted by atomic mass is 16.5. The Hall–Kier alpha value is -0.650. The number of hydrogen-bond donors (Lipinski definition) is 2. The van der Waals surface area contributed by atoms with Gasteiger partial charge < -0.3 is 20.1 Å². The van der Waals surface area contributed by atoms with E-state index in [1.165, 1.54) is 0 Å². The molecule has 1 amide bonds. The Balaban J connectivity index is 2.27. The van der Waals surface area contributed by atoms with Crippen LogP contribution in [-0.2, 0) is 9.53 Å². The predicted octanol–water partition coefficient (Wildman–Crippen LogP) is -0.0141. The number of carbonyl (C=O) groups is 1. The molecule has 0 aliphatic carbocycles. The molecule has 0 saturated carbocycles. The van der Waals surface area contributed by atoms with Gasteiger partial charge in [-0.2, -0.15) is 0 Å². The largest absolute Gasteiger partial charge is 0.390 e. The van der Waals surface area contributed by atoms with E-state index in [0.29, 0.717) is 32.7 Å². The van der Waals surface area contributed by atoms with Crippen LogP contribution < -0.4 is 5.32 Å². The van der Waals surface area contributed by atoms with Gasteiger partial charge in [-0.25, -0.2) is 0 Å². The Kier molecular flexibility index (Phi) is 5.88. The lowest BCUT2D eigenvalue weighted by Crippen LogP contribution is -2.40. The fraction of sp³-hybridized carbons (Fsp3) is 0.917. The van der Waals surface area contributed by atoms with Gasteiger partial charge in [0.1, 0.15) is 0 Å². The number of methoxy groups -OCH3 is 1. The number of nitrogens with one attached hydrogen (secondary N) is 1. The van der Waals surface area contributed by atoms with Gasteiger partial charge in [-0.3, -0.25) is 4.79 Å². The van der Waals surface area contributed by atoms with Crippen molar-refractivity contribution < 1.29 is 14.6 Å². The summed E-state index contributed by atoms with van der Waals surface area (Å²) in [4.78, 5) is 13.7. The van der Waals surface area contributed by atoms with E-state index in [2.05, 4.69) is 5.32 Å². The van der Waals surface area contributed by atoms with Gasteiger partial charge in [0.05, 0.1) is 18.8 Å². The molecule has 17 heavy (non-hydrogen) atoms. The van der Waals surface area contributed by atoms with Crippen molar-refractivity contribution in [3.63, 3.8) is 0 Å². The van der Waals surface area contributed by atoms with E-state index in [-0.39, 0.29) is 5.91 Å². The van der Waals surface area contributed by atoms with Gasteiger partial charge in [0.2, 0.25) is 5.91 Å². The molecule has 5 nitrogen and oxygen atoms in total. The van der Waals surface area contributed by atoms with Gasteiger partial charge in [-0.15, -0.1) is 0 Å². The lowest BCUT2D eigenvalue weighted by atomic mass is 9.98. The minimum atomic E-state index is -0.613. The predicted molar refractivity (Wildman–Crippen MR) is 65.8 cm³/mol. The number of ether oxygens (including phenoxy) is 1. The van der Waals surface area contributed by atoms with E-state index in [9.17, 15) is 9.90 Å². The fourth-order valence-corrected chi connectivity index (χ4v) is 1.99. The maximum atomic E-state index is 11.9. The number of carbonyl (C=O) groups excluding carboxylic acids is 1. The summed E-state index contributed by atoms with van der Waals surface area (Å²) in [5.74, 6) is 0.110. The number of amides is 1. The van der Waals surface area contributed by atoms with E-state index in [1.807, 2.05) is 11.8 Å². The smallest absolute Gasteiger partial charge is 0.236 e. The molecule has 1 fully saturated rings. The number of aliphatic hydroxyl groups is 1. The number of rotatable bonds is 5. The second-order valence-corrected chi connectivity index (χ2v) is 4.90. The molecule has 100 valence electrons. The standard InChI is InChI=1S/C12H24N2O3/c1-12(16)4-3-7-14(8-5-12)11(15)10-13-6-9-17-2/h13,16H,3-10H2,1-2H3. The molecule has 2 N–H and O–H groups in total. The Bertz CT molecular complexity index is 244. The van der Waals surface area contributed by atoms with Crippen LogP contribution in [0.25, 0.3) is 0 Å². The fourth-order valence-electron chi connectivity index (χ4n) is 1.99. The molecular weight excluding hydrogens is 220 g/mol. The van der Waals surface area contributed by atoms with Gasteiger partial charge in [0.15, 0.2) is 0 Å². The minimum absolute atomic E-state index is 0.110. The van der Waals surface area contributed by atoms with Crippen molar-refractivity contribution in [1.29, 1.82) is 0 Å². The van der Waals surface area contributed by atoms with E-state index in [4.69, 9.17) is 4.74 Å². The Morgan fingerprint density at radius 2 is 2.24 bits per heavy atom. The van der Waals surface area contributed by atoms with Crippen molar-refractivity contribution in [2.75, 3.05) is 39.9 Å². The lowest BCUT2D eigenvalue weighted by molar-refractivity contribution is -0.130. The molecule has 0 aromatic carbocycles. The molecule has 0 aromatic rings. The van der Waals surface area contributed by atoms with Crippen LogP contribution in [0.1, 0.15) is 26.2 Å². The second kappa shape index (κ2) is 6.93. The summed E-state index contributed by atoms with van der Waals surface area (Å²) in [5.41, 5.74) is -0.613. The molecule has 1 rings (SSSR count). The van der Waals surface area contributed by atoms with E-state index < -0.39 is 5.60 Å². The first-order valence-corrected chi connectivity index (χ1v) is 6.25. The molecule has 0 bridgehead atoms. The molecule has 1 aliphatic rings. The molecule has 1 aliphatic heterocycles. The van der Waals surface area contributed by atoms with Crippen molar-refractivity contribution in [1.82, 2.24) is 10.2 Å². The number of hydrogen-bond acceptors (Lipinski definition) is 4. The highest BCUT2D eigenvalue weighted by molar-refractivity contribution is 5.78. The van der Waals surface area contributed by atoms with Crippen LogP contribution in [0.3, 0.4) is 0 Å². The molecule has 1 atom stereocenters. The number of likely N-dealkylation sites (tertiary alicyclic amines) is 1. The second-order valence-electron chi connectivity index (χ2n) is 4.90. The summed E-state index contributed by atoms with van der Waals surface area (Å²) in [6, 6.07) is 0. The summed E-state index contributed by atoms with van der Waals surface area (Å²) < 4.78 is 4.90. The van der Waals surface area contributed by atoms with Crippen LogP contribution in [0.4, 0.5) is 0 Å². The quantitative estimate of drug-likeness (QED) is 0.668. The Morgan fingerprint density at radius 3 is 2.94 bits per heavy atom. The van der Waals surface area contributed by atoms with Crippen LogP contribution in [0.15, 0.2) is 0 Å². The van der Waals surface area contributed by atoms with Gasteiger partial charge in [-0.05, 0) is 26.2 Å². The lowest BCUT2D eigenvalue weighted by Gasteiger charge is -2.22. The summed E-state index contributed by atoms with van der Waals surface area (Å²) in [7, 11) is 1.64. The van der Waals surface area contributed by atoms with Gasteiger partial charge in [0.25, 0.3) is 0 Å². The number of nitrogens with zero attached hydrogens (tertiary/aromatic N) is 1. The van der Waals surface area contributed by atoms with Crippen molar-refractivity contribution in [2.24, 2.45) is 0 Å². The first-order valence-electron chi connectivity index (χ1n) is 6.25. The van der Waals surface area contributed by atoms with Gasteiger partial charge >= 0.3 is 0 Å². The van der Waals surface area contributed by atoms with Crippen LogP contribution in [-0.4, -0.2) is 61.4 Å². The molecule has 0 spiro atoms. The highest BCUT2D eigenvalue weighted by Gasteiger charge is 2.26. The molecule has 1 saturated heterocycles. The van der Waals surface area contributed by atoms with Crippen molar-refractivity contribution in [2.45, 2.75) is 31.8 Å². The molecule has 1 heterocycles. The molecular formula is C12H24N2O3. The maximum absolute atomic E-state index is 11.9. The molecule has 0 aromatic heterocycles. The highest BCUT2D eigenvalue weighted by Crippen LogP contribution is 2.21. The zero-order valence-corrected chi connectivity index (χ0v) is 10.9. The van der Waals surface area contributed by atoms with Gasteiger partial charge in [0, 0.05) is 26.7 Å².